The maximum atomic E-state index is 3.59. The van der Waals surface area contributed by atoms with Crippen LogP contribution >= 0.6 is 11.3 Å². The molecule has 0 bridgehead atoms. The second kappa shape index (κ2) is 5.22. The summed E-state index contributed by atoms with van der Waals surface area (Å²) in [7, 11) is 0. The van der Waals surface area contributed by atoms with Crippen LogP contribution in [-0.4, -0.2) is 0 Å². The third-order valence-corrected chi connectivity index (χ3v) is 1.66. The Morgan fingerprint density at radius 2 is 2.44 bits per heavy atom. The quantitative estimate of drug-likeness (QED) is 0.660. The van der Waals surface area contributed by atoms with Crippen molar-refractivity contribution in [3.05, 3.63) is 41.5 Å². The molecule has 2 heteroatoms. The molecule has 9 heavy (non-hydrogen) atoms. The van der Waals surface area contributed by atoms with Crippen LogP contribution in [0.1, 0.15) is 4.88 Å². The molecule has 0 aromatic carbocycles. The van der Waals surface area contributed by atoms with Crippen molar-refractivity contribution in [1.82, 2.24) is 0 Å². The second-order valence-electron chi connectivity index (χ2n) is 1.42. The molecule has 0 aliphatic heterocycles. The van der Waals surface area contributed by atoms with Gasteiger partial charge >= 0.3 is 0 Å². The summed E-state index contributed by atoms with van der Waals surface area (Å²) in [6, 6.07) is 4.09. The molecule has 1 aromatic heterocycles. The molecule has 0 aliphatic carbocycles. The molecular formula is C7H7SY-. The number of hydrogen-bond acceptors (Lipinski definition) is 1. The summed E-state index contributed by atoms with van der Waals surface area (Å²) < 4.78 is 0. The minimum absolute atomic E-state index is 0. The normalized spacial score (nSPS) is 7.56. The van der Waals surface area contributed by atoms with Gasteiger partial charge in [0.1, 0.15) is 0 Å². The van der Waals surface area contributed by atoms with Gasteiger partial charge in [-0.3, -0.25) is 0 Å². The van der Waals surface area contributed by atoms with E-state index in [-0.39, 0.29) is 32.7 Å². The predicted molar refractivity (Wildman–Crippen MR) is 37.9 cm³/mol. The summed E-state index contributed by atoms with van der Waals surface area (Å²) in [5.41, 5.74) is 0. The first-order valence-corrected chi connectivity index (χ1v) is 3.31. The maximum Gasteiger partial charge on any atom is 0 e. The molecule has 1 aromatic rings. The Kier molecular flexibility index (Phi) is 5.46. The fourth-order valence-electron chi connectivity index (χ4n) is 0.502. The minimum atomic E-state index is 0. The Morgan fingerprint density at radius 1 is 1.67 bits per heavy atom. The first-order chi connectivity index (χ1) is 3.93. The summed E-state index contributed by atoms with van der Waals surface area (Å²) >= 11 is 1.72. The summed E-state index contributed by atoms with van der Waals surface area (Å²) in [6.45, 7) is 3.59. The van der Waals surface area contributed by atoms with Crippen LogP contribution in [0.25, 0.3) is 0 Å². The molecule has 0 aliphatic rings. The van der Waals surface area contributed by atoms with Crippen molar-refractivity contribution < 1.29 is 32.7 Å². The van der Waals surface area contributed by atoms with Gasteiger partial charge in [-0.1, -0.05) is 4.88 Å². The smallest absolute Gasteiger partial charge is 0 e. The van der Waals surface area contributed by atoms with E-state index < -0.39 is 0 Å². The first-order valence-electron chi connectivity index (χ1n) is 2.43. The fourth-order valence-corrected chi connectivity index (χ4v) is 1.15. The number of rotatable bonds is 2. The largest absolute Gasteiger partial charge is 0.194 e. The van der Waals surface area contributed by atoms with E-state index in [9.17, 15) is 0 Å². The molecule has 1 rings (SSSR count). The Bertz CT molecular complexity index is 155. The summed E-state index contributed by atoms with van der Waals surface area (Å²) in [6.07, 6.45) is 3.79. The molecule has 0 fully saturated rings. The molecule has 0 unspecified atom stereocenters. The Balaban J connectivity index is 0.000000640. The van der Waals surface area contributed by atoms with E-state index >= 15 is 0 Å². The van der Waals surface area contributed by atoms with Crippen LogP contribution in [0.5, 0.6) is 0 Å². The Morgan fingerprint density at radius 3 is 2.89 bits per heavy atom. The van der Waals surface area contributed by atoms with Gasteiger partial charge in [-0.25, -0.2) is 0 Å². The molecular weight excluding hydrogens is 205 g/mol. The molecule has 1 radical (unpaired) electrons. The van der Waals surface area contributed by atoms with E-state index in [2.05, 4.69) is 18.0 Å². The molecule has 45 valence electrons. The predicted octanol–water partition coefficient (Wildman–Crippen LogP) is 2.48. The van der Waals surface area contributed by atoms with Crippen LogP contribution in [0.2, 0.25) is 0 Å². The van der Waals surface area contributed by atoms with Crippen molar-refractivity contribution in [2.75, 3.05) is 0 Å². The minimum Gasteiger partial charge on any atom is -0.194 e. The van der Waals surface area contributed by atoms with Gasteiger partial charge in [-0.15, -0.1) is 12.1 Å². The van der Waals surface area contributed by atoms with Gasteiger partial charge in [0.25, 0.3) is 0 Å². The zero-order valence-corrected chi connectivity index (χ0v) is 8.73. The van der Waals surface area contributed by atoms with Gasteiger partial charge in [0.15, 0.2) is 0 Å². The standard InChI is InChI=1S/C7H7S.Y/c1-2-4-7-5-3-6-8-7;/h2-6H,1H2;/q-1;. The van der Waals surface area contributed by atoms with Crippen molar-refractivity contribution in [3.63, 3.8) is 0 Å². The van der Waals surface area contributed by atoms with Crippen molar-refractivity contribution in [2.45, 2.75) is 0 Å². The average Bonchev–Trinajstić information content (AvgIpc) is 2.19. The molecule has 0 nitrogen and oxygen atoms in total. The van der Waals surface area contributed by atoms with Gasteiger partial charge < -0.3 is 0 Å². The fraction of sp³-hybridized carbons (Fsp3) is 0. The van der Waals surface area contributed by atoms with Gasteiger partial charge in [0.2, 0.25) is 0 Å². The van der Waals surface area contributed by atoms with Gasteiger partial charge in [-0.2, -0.15) is 30.4 Å². The maximum absolute atomic E-state index is 3.59. The molecule has 0 spiro atoms. The zero-order chi connectivity index (χ0) is 5.82. The van der Waals surface area contributed by atoms with Crippen LogP contribution in [0.15, 0.2) is 30.2 Å². The van der Waals surface area contributed by atoms with Crippen molar-refractivity contribution in [1.29, 1.82) is 0 Å². The topological polar surface area (TPSA) is 0 Å². The third kappa shape index (κ3) is 3.19. The zero-order valence-electron chi connectivity index (χ0n) is 5.08. The SMILES string of the molecule is C=C[CH-]c1cccs1.[Y]. The molecule has 0 saturated heterocycles. The number of allylic oxidation sites excluding steroid dienone is 1. The van der Waals surface area contributed by atoms with Crippen molar-refractivity contribution in [3.8, 4) is 0 Å². The Labute approximate surface area is 84.9 Å². The van der Waals surface area contributed by atoms with Gasteiger partial charge in [-0.05, 0) is 5.38 Å². The van der Waals surface area contributed by atoms with Crippen molar-refractivity contribution in [2.24, 2.45) is 0 Å². The van der Waals surface area contributed by atoms with E-state index in [1.165, 1.54) is 4.88 Å². The van der Waals surface area contributed by atoms with Gasteiger partial charge in [0.05, 0.1) is 0 Å². The molecule has 1 heterocycles. The van der Waals surface area contributed by atoms with Crippen LogP contribution in [0.3, 0.4) is 0 Å². The van der Waals surface area contributed by atoms with E-state index in [0.717, 1.165) is 0 Å². The van der Waals surface area contributed by atoms with Crippen LogP contribution < -0.4 is 0 Å². The average molecular weight is 212 g/mol. The van der Waals surface area contributed by atoms with E-state index in [0.29, 0.717) is 0 Å². The second-order valence-corrected chi connectivity index (χ2v) is 2.40. The van der Waals surface area contributed by atoms with Gasteiger partial charge in [0, 0.05) is 32.7 Å². The monoisotopic (exact) mass is 212 g/mol. The number of hydrogen-bond donors (Lipinski definition) is 0. The third-order valence-electron chi connectivity index (χ3n) is 0.825. The molecule has 0 saturated carbocycles. The summed E-state index contributed by atoms with van der Waals surface area (Å²) in [5.74, 6) is 0. The Hall–Kier alpha value is 0.414. The van der Waals surface area contributed by atoms with Crippen LogP contribution in [0.4, 0.5) is 0 Å². The number of thiophene rings is 1. The van der Waals surface area contributed by atoms with E-state index in [1.807, 2.05) is 12.5 Å². The summed E-state index contributed by atoms with van der Waals surface area (Å²) in [5, 5.41) is 2.05. The van der Waals surface area contributed by atoms with Crippen LogP contribution in [-0.2, 0) is 32.7 Å². The molecule has 0 atom stereocenters. The van der Waals surface area contributed by atoms with Crippen LogP contribution in [0, 0.1) is 6.42 Å². The van der Waals surface area contributed by atoms with E-state index in [4.69, 9.17) is 0 Å². The summed E-state index contributed by atoms with van der Waals surface area (Å²) in [4.78, 5) is 1.26. The van der Waals surface area contributed by atoms with Crippen molar-refractivity contribution >= 4 is 11.3 Å². The first kappa shape index (κ1) is 9.41. The van der Waals surface area contributed by atoms with E-state index in [1.54, 1.807) is 17.4 Å². The molecule has 0 N–H and O–H groups in total. The molecule has 0 amide bonds.